The summed E-state index contributed by atoms with van der Waals surface area (Å²) in [5.74, 6) is 0.929. The largest absolute Gasteiger partial charge is 0.489 e. The van der Waals surface area contributed by atoms with Crippen molar-refractivity contribution in [3.05, 3.63) is 41.0 Å². The number of benzene rings is 1. The SMILES string of the molecule is CC(C)=CCOc1cccc2c1CCCC2O. The summed E-state index contributed by atoms with van der Waals surface area (Å²) in [6, 6.07) is 5.97. The van der Waals surface area contributed by atoms with Gasteiger partial charge in [0.15, 0.2) is 0 Å². The first kappa shape index (κ1) is 12.2. The molecule has 1 aromatic rings. The van der Waals surface area contributed by atoms with Crippen molar-refractivity contribution in [2.45, 2.75) is 39.2 Å². The minimum absolute atomic E-state index is 0.314. The zero-order valence-corrected chi connectivity index (χ0v) is 10.6. The van der Waals surface area contributed by atoms with Gasteiger partial charge in [-0.1, -0.05) is 17.7 Å². The van der Waals surface area contributed by atoms with Gasteiger partial charge in [0.05, 0.1) is 6.10 Å². The quantitative estimate of drug-likeness (QED) is 0.809. The van der Waals surface area contributed by atoms with E-state index in [1.807, 2.05) is 18.2 Å². The molecule has 0 bridgehead atoms. The van der Waals surface area contributed by atoms with E-state index in [2.05, 4.69) is 19.9 Å². The van der Waals surface area contributed by atoms with Gasteiger partial charge in [-0.25, -0.2) is 0 Å². The number of hydrogen-bond donors (Lipinski definition) is 1. The molecule has 0 heterocycles. The number of ether oxygens (including phenoxy) is 1. The first-order valence-electron chi connectivity index (χ1n) is 6.24. The molecule has 2 nitrogen and oxygen atoms in total. The van der Waals surface area contributed by atoms with Crippen LogP contribution in [0.1, 0.15) is 43.9 Å². The minimum atomic E-state index is -0.314. The maximum Gasteiger partial charge on any atom is 0.123 e. The molecular formula is C15H20O2. The Hall–Kier alpha value is -1.28. The third-order valence-electron chi connectivity index (χ3n) is 3.16. The summed E-state index contributed by atoms with van der Waals surface area (Å²) in [5, 5.41) is 9.93. The van der Waals surface area contributed by atoms with Gasteiger partial charge in [-0.3, -0.25) is 0 Å². The van der Waals surface area contributed by atoms with Crippen LogP contribution in [-0.2, 0) is 6.42 Å². The van der Waals surface area contributed by atoms with Crippen molar-refractivity contribution in [1.29, 1.82) is 0 Å². The van der Waals surface area contributed by atoms with Crippen molar-refractivity contribution in [2.24, 2.45) is 0 Å². The topological polar surface area (TPSA) is 29.5 Å². The highest BCUT2D eigenvalue weighted by atomic mass is 16.5. The van der Waals surface area contributed by atoms with E-state index >= 15 is 0 Å². The molecule has 0 aromatic heterocycles. The van der Waals surface area contributed by atoms with Crippen LogP contribution in [0.5, 0.6) is 5.75 Å². The maximum atomic E-state index is 9.93. The van der Waals surface area contributed by atoms with Crippen LogP contribution >= 0.6 is 0 Å². The van der Waals surface area contributed by atoms with Crippen LogP contribution in [0.2, 0.25) is 0 Å². The monoisotopic (exact) mass is 232 g/mol. The molecule has 1 aromatic carbocycles. The van der Waals surface area contributed by atoms with E-state index in [0.717, 1.165) is 30.6 Å². The fourth-order valence-corrected chi connectivity index (χ4v) is 2.22. The Morgan fingerprint density at radius 1 is 1.47 bits per heavy atom. The summed E-state index contributed by atoms with van der Waals surface area (Å²) in [4.78, 5) is 0. The van der Waals surface area contributed by atoms with E-state index in [1.54, 1.807) is 0 Å². The van der Waals surface area contributed by atoms with Crippen molar-refractivity contribution in [3.63, 3.8) is 0 Å². The molecule has 1 unspecified atom stereocenters. The van der Waals surface area contributed by atoms with Gasteiger partial charge in [0.25, 0.3) is 0 Å². The van der Waals surface area contributed by atoms with E-state index in [9.17, 15) is 5.11 Å². The standard InChI is InChI=1S/C15H20O2/c1-11(2)9-10-17-15-8-4-5-12-13(15)6-3-7-14(12)16/h4-5,8-9,14,16H,3,6-7,10H2,1-2H3. The van der Waals surface area contributed by atoms with E-state index in [-0.39, 0.29) is 6.10 Å². The molecule has 0 saturated carbocycles. The third-order valence-corrected chi connectivity index (χ3v) is 3.16. The van der Waals surface area contributed by atoms with Crippen molar-refractivity contribution in [3.8, 4) is 5.75 Å². The first-order valence-corrected chi connectivity index (χ1v) is 6.24. The lowest BCUT2D eigenvalue weighted by Gasteiger charge is -2.23. The molecule has 92 valence electrons. The van der Waals surface area contributed by atoms with Gasteiger partial charge in [-0.05, 0) is 56.4 Å². The molecule has 1 N–H and O–H groups in total. The second-order valence-corrected chi connectivity index (χ2v) is 4.82. The summed E-state index contributed by atoms with van der Waals surface area (Å²) in [7, 11) is 0. The van der Waals surface area contributed by atoms with Crippen molar-refractivity contribution in [1.82, 2.24) is 0 Å². The molecule has 1 atom stereocenters. The van der Waals surface area contributed by atoms with Gasteiger partial charge in [-0.2, -0.15) is 0 Å². The number of allylic oxidation sites excluding steroid dienone is 1. The summed E-state index contributed by atoms with van der Waals surface area (Å²) in [5.41, 5.74) is 3.49. The Morgan fingerprint density at radius 2 is 2.29 bits per heavy atom. The van der Waals surface area contributed by atoms with E-state index in [4.69, 9.17) is 4.74 Å². The summed E-state index contributed by atoms with van der Waals surface area (Å²) >= 11 is 0. The Morgan fingerprint density at radius 3 is 3.06 bits per heavy atom. The predicted octanol–water partition coefficient (Wildman–Crippen LogP) is 3.40. The lowest BCUT2D eigenvalue weighted by Crippen LogP contribution is -2.11. The highest BCUT2D eigenvalue weighted by Gasteiger charge is 2.20. The van der Waals surface area contributed by atoms with E-state index in [0.29, 0.717) is 6.61 Å². The van der Waals surface area contributed by atoms with Gasteiger partial charge >= 0.3 is 0 Å². The van der Waals surface area contributed by atoms with Crippen LogP contribution < -0.4 is 4.74 Å². The van der Waals surface area contributed by atoms with Gasteiger partial charge in [0.1, 0.15) is 12.4 Å². The van der Waals surface area contributed by atoms with Crippen LogP contribution in [-0.4, -0.2) is 11.7 Å². The lowest BCUT2D eigenvalue weighted by atomic mass is 9.89. The second-order valence-electron chi connectivity index (χ2n) is 4.82. The molecule has 0 radical (unpaired) electrons. The van der Waals surface area contributed by atoms with Crippen molar-refractivity contribution >= 4 is 0 Å². The molecule has 0 aliphatic heterocycles. The second kappa shape index (κ2) is 5.37. The highest BCUT2D eigenvalue weighted by molar-refractivity contribution is 5.42. The Labute approximate surface area is 103 Å². The van der Waals surface area contributed by atoms with Crippen LogP contribution in [0.3, 0.4) is 0 Å². The minimum Gasteiger partial charge on any atom is -0.489 e. The van der Waals surface area contributed by atoms with Gasteiger partial charge < -0.3 is 9.84 Å². The molecule has 2 heteroatoms. The van der Waals surface area contributed by atoms with Crippen LogP contribution in [0.15, 0.2) is 29.8 Å². The summed E-state index contributed by atoms with van der Waals surface area (Å²) < 4.78 is 5.78. The van der Waals surface area contributed by atoms with E-state index < -0.39 is 0 Å². The maximum absolute atomic E-state index is 9.93. The van der Waals surface area contributed by atoms with Crippen molar-refractivity contribution in [2.75, 3.05) is 6.61 Å². The fraction of sp³-hybridized carbons (Fsp3) is 0.467. The van der Waals surface area contributed by atoms with Crippen LogP contribution in [0.25, 0.3) is 0 Å². The number of rotatable bonds is 3. The van der Waals surface area contributed by atoms with E-state index in [1.165, 1.54) is 11.1 Å². The average molecular weight is 232 g/mol. The number of aliphatic hydroxyl groups excluding tert-OH is 1. The van der Waals surface area contributed by atoms with Gasteiger partial charge in [-0.15, -0.1) is 0 Å². The normalized spacial score (nSPS) is 18.4. The smallest absolute Gasteiger partial charge is 0.123 e. The first-order chi connectivity index (χ1) is 8.18. The highest BCUT2D eigenvalue weighted by Crippen LogP contribution is 2.35. The molecule has 0 amide bonds. The molecule has 0 saturated heterocycles. The van der Waals surface area contributed by atoms with Crippen LogP contribution in [0.4, 0.5) is 0 Å². The van der Waals surface area contributed by atoms with Crippen molar-refractivity contribution < 1.29 is 9.84 Å². The third kappa shape index (κ3) is 2.89. The number of hydrogen-bond acceptors (Lipinski definition) is 2. The Balaban J connectivity index is 2.17. The zero-order valence-electron chi connectivity index (χ0n) is 10.6. The summed E-state index contributed by atoms with van der Waals surface area (Å²) in [6.07, 6.45) is 4.67. The zero-order chi connectivity index (χ0) is 12.3. The fourth-order valence-electron chi connectivity index (χ4n) is 2.22. The molecule has 0 fully saturated rings. The number of aliphatic hydroxyl groups is 1. The molecule has 1 aliphatic carbocycles. The van der Waals surface area contributed by atoms with Crippen LogP contribution in [0, 0.1) is 0 Å². The molecule has 0 spiro atoms. The Bertz CT molecular complexity index is 417. The van der Waals surface area contributed by atoms with Gasteiger partial charge in [0.2, 0.25) is 0 Å². The Kier molecular flexibility index (Phi) is 3.85. The molecule has 1 aliphatic rings. The summed E-state index contributed by atoms with van der Waals surface area (Å²) in [6.45, 7) is 4.73. The molecule has 17 heavy (non-hydrogen) atoms. The molecule has 2 rings (SSSR count). The lowest BCUT2D eigenvalue weighted by molar-refractivity contribution is 0.155. The average Bonchev–Trinajstić information content (AvgIpc) is 2.30. The number of fused-ring (bicyclic) bond motifs is 1. The molecular weight excluding hydrogens is 212 g/mol. The predicted molar refractivity (Wildman–Crippen MR) is 69.3 cm³/mol. The van der Waals surface area contributed by atoms with Gasteiger partial charge in [0, 0.05) is 0 Å².